The van der Waals surface area contributed by atoms with Crippen molar-refractivity contribution < 1.29 is 27.5 Å². The van der Waals surface area contributed by atoms with Crippen LogP contribution in [-0.4, -0.2) is 26.0 Å². The number of ether oxygens (including phenoxy) is 1. The third-order valence-electron chi connectivity index (χ3n) is 7.01. The van der Waals surface area contributed by atoms with Crippen LogP contribution in [0.2, 0.25) is 0 Å². The van der Waals surface area contributed by atoms with Crippen LogP contribution >= 0.6 is 0 Å². The van der Waals surface area contributed by atoms with E-state index in [2.05, 4.69) is 0 Å². The van der Waals surface area contributed by atoms with E-state index in [1.165, 1.54) is 19.2 Å². The van der Waals surface area contributed by atoms with Gasteiger partial charge in [0.25, 0.3) is 0 Å². The fraction of sp³-hybridized carbons (Fsp3) is 0.231. The number of para-hydroxylation sites is 1. The van der Waals surface area contributed by atoms with E-state index >= 15 is 0 Å². The molecule has 4 nitrogen and oxygen atoms in total. The number of anilines is 1. The topological polar surface area (TPSA) is 46.6 Å². The number of amides is 1. The molecule has 7 heteroatoms. The van der Waals surface area contributed by atoms with Crippen LogP contribution in [0.4, 0.5) is 18.9 Å². The average Bonchev–Trinajstić information content (AvgIpc) is 3.25. The van der Waals surface area contributed by atoms with Crippen molar-refractivity contribution in [2.75, 3.05) is 19.1 Å². The van der Waals surface area contributed by atoms with Crippen molar-refractivity contribution in [2.24, 2.45) is 0 Å². The first-order valence-corrected chi connectivity index (χ1v) is 10.4. The smallest absolute Gasteiger partial charge is 0.416 e. The minimum Gasteiger partial charge on any atom is -0.468 e. The zero-order valence-electron chi connectivity index (χ0n) is 17.9. The third kappa shape index (κ3) is 2.65. The van der Waals surface area contributed by atoms with E-state index < -0.39 is 28.5 Å². The summed E-state index contributed by atoms with van der Waals surface area (Å²) in [6.45, 7) is 0. The molecule has 0 saturated heterocycles. The molecule has 1 heterocycles. The number of alkyl halides is 3. The fourth-order valence-corrected chi connectivity index (χ4v) is 5.56. The lowest BCUT2D eigenvalue weighted by Gasteiger charge is -2.31. The molecule has 3 aromatic carbocycles. The number of nitrogens with zero attached hydrogens (tertiary/aromatic N) is 1. The lowest BCUT2D eigenvalue weighted by atomic mass is 9.70. The number of methoxy groups -OCH3 is 1. The number of halogens is 3. The Balaban J connectivity index is 1.81. The Kier molecular flexibility index (Phi) is 4.47. The lowest BCUT2D eigenvalue weighted by molar-refractivity contribution is -0.146. The predicted molar refractivity (Wildman–Crippen MR) is 116 cm³/mol. The largest absolute Gasteiger partial charge is 0.468 e. The van der Waals surface area contributed by atoms with Crippen LogP contribution in [0, 0.1) is 0 Å². The first-order valence-electron chi connectivity index (χ1n) is 10.4. The van der Waals surface area contributed by atoms with Gasteiger partial charge in [-0.25, -0.2) is 0 Å². The van der Waals surface area contributed by atoms with E-state index in [0.29, 0.717) is 16.7 Å². The van der Waals surface area contributed by atoms with Crippen LogP contribution in [0.5, 0.6) is 0 Å². The number of esters is 1. The molecule has 168 valence electrons. The van der Waals surface area contributed by atoms with Crippen molar-refractivity contribution in [1.29, 1.82) is 0 Å². The van der Waals surface area contributed by atoms with Crippen molar-refractivity contribution in [3.05, 3.63) is 101 Å². The lowest BCUT2D eigenvalue weighted by Crippen LogP contribution is -2.43. The molecule has 1 spiro atoms. The molecule has 0 saturated carbocycles. The fourth-order valence-electron chi connectivity index (χ4n) is 5.56. The Morgan fingerprint density at radius 2 is 1.48 bits per heavy atom. The highest BCUT2D eigenvalue weighted by molar-refractivity contribution is 6.12. The first kappa shape index (κ1) is 21.2. The monoisotopic (exact) mass is 451 g/mol. The SMILES string of the molecule is COC(=O)C1(c2ccc(C(F)(F)F)cc2)CC2(C(=O)N(C)c3ccccc32)c2ccccc21. The van der Waals surface area contributed by atoms with E-state index in [9.17, 15) is 22.8 Å². The molecule has 2 unspecified atom stereocenters. The highest BCUT2D eigenvalue weighted by atomic mass is 19.4. The molecule has 3 aromatic rings. The second kappa shape index (κ2) is 6.94. The Bertz CT molecular complexity index is 1280. The Labute approximate surface area is 188 Å². The zero-order valence-corrected chi connectivity index (χ0v) is 17.9. The van der Waals surface area contributed by atoms with E-state index in [-0.39, 0.29) is 12.3 Å². The molecule has 2 atom stereocenters. The second-order valence-corrected chi connectivity index (χ2v) is 8.48. The van der Waals surface area contributed by atoms with Crippen LogP contribution in [0.1, 0.15) is 34.2 Å². The van der Waals surface area contributed by atoms with Crippen molar-refractivity contribution in [3.63, 3.8) is 0 Å². The highest BCUT2D eigenvalue weighted by Gasteiger charge is 2.64. The van der Waals surface area contributed by atoms with Crippen LogP contribution in [-0.2, 0) is 31.3 Å². The number of likely N-dealkylation sites (N-methyl/N-ethyl adjacent to an activating group) is 1. The van der Waals surface area contributed by atoms with Gasteiger partial charge in [-0.05, 0) is 46.9 Å². The van der Waals surface area contributed by atoms with E-state index in [1.807, 2.05) is 30.3 Å². The maximum atomic E-state index is 13.8. The number of carbonyl (C=O) groups is 2. The number of benzene rings is 3. The van der Waals surface area contributed by atoms with E-state index in [0.717, 1.165) is 23.4 Å². The Morgan fingerprint density at radius 1 is 0.909 bits per heavy atom. The minimum atomic E-state index is -4.51. The van der Waals surface area contributed by atoms with Gasteiger partial charge in [-0.3, -0.25) is 9.59 Å². The molecule has 5 rings (SSSR count). The number of hydrogen-bond donors (Lipinski definition) is 0. The van der Waals surface area contributed by atoms with Crippen LogP contribution in [0.15, 0.2) is 72.8 Å². The zero-order chi connectivity index (χ0) is 23.6. The maximum Gasteiger partial charge on any atom is 0.416 e. The molecule has 1 aliphatic carbocycles. The average molecular weight is 451 g/mol. The summed E-state index contributed by atoms with van der Waals surface area (Å²) in [6.07, 6.45) is -4.48. The number of carbonyl (C=O) groups excluding carboxylic acids is 2. The van der Waals surface area contributed by atoms with E-state index in [1.54, 1.807) is 30.1 Å². The summed E-state index contributed by atoms with van der Waals surface area (Å²) in [5.74, 6) is -0.805. The number of hydrogen-bond acceptors (Lipinski definition) is 3. The van der Waals surface area contributed by atoms with E-state index in [4.69, 9.17) is 4.74 Å². The Hall–Kier alpha value is -3.61. The van der Waals surface area contributed by atoms with Gasteiger partial charge >= 0.3 is 12.1 Å². The standard InChI is InChI=1S/C26H20F3NO3/c1-30-21-10-6-5-9-20(21)25(22(30)31)15-24(23(32)33-2,18-7-3-4-8-19(18)25)16-11-13-17(14-12-16)26(27,28)29/h3-14H,15H2,1-2H3. The molecular weight excluding hydrogens is 431 g/mol. The first-order chi connectivity index (χ1) is 15.7. The molecule has 0 aromatic heterocycles. The second-order valence-electron chi connectivity index (χ2n) is 8.48. The Morgan fingerprint density at radius 3 is 2.09 bits per heavy atom. The third-order valence-corrected chi connectivity index (χ3v) is 7.01. The normalized spacial score (nSPS) is 23.5. The summed E-state index contributed by atoms with van der Waals surface area (Å²) in [5.41, 5.74) is -0.316. The number of fused-ring (bicyclic) bond motifs is 4. The van der Waals surface area contributed by atoms with Gasteiger partial charge in [-0.15, -0.1) is 0 Å². The maximum absolute atomic E-state index is 13.8. The van der Waals surface area contributed by atoms with Gasteiger partial charge in [-0.1, -0.05) is 54.6 Å². The van der Waals surface area contributed by atoms with Crippen molar-refractivity contribution in [1.82, 2.24) is 0 Å². The van der Waals surface area contributed by atoms with Crippen molar-refractivity contribution in [3.8, 4) is 0 Å². The summed E-state index contributed by atoms with van der Waals surface area (Å²) in [7, 11) is 2.94. The van der Waals surface area contributed by atoms with Gasteiger partial charge in [0.2, 0.25) is 5.91 Å². The molecule has 1 amide bonds. The van der Waals surface area contributed by atoms with Crippen molar-refractivity contribution >= 4 is 17.6 Å². The molecule has 0 fully saturated rings. The van der Waals surface area contributed by atoms with Gasteiger partial charge in [0.05, 0.1) is 12.7 Å². The quantitative estimate of drug-likeness (QED) is 0.525. The van der Waals surface area contributed by atoms with Gasteiger partial charge in [0.15, 0.2) is 0 Å². The van der Waals surface area contributed by atoms with Gasteiger partial charge in [0, 0.05) is 12.7 Å². The molecule has 33 heavy (non-hydrogen) atoms. The summed E-state index contributed by atoms with van der Waals surface area (Å²) in [4.78, 5) is 28.8. The van der Waals surface area contributed by atoms with Gasteiger partial charge in [0.1, 0.15) is 10.8 Å². The van der Waals surface area contributed by atoms with Crippen molar-refractivity contribution in [2.45, 2.75) is 23.4 Å². The minimum absolute atomic E-state index is 0.0254. The van der Waals surface area contributed by atoms with Gasteiger partial charge in [-0.2, -0.15) is 13.2 Å². The summed E-state index contributed by atoms with van der Waals surface area (Å²) in [5, 5.41) is 0. The number of rotatable bonds is 2. The molecule has 0 bridgehead atoms. The highest BCUT2D eigenvalue weighted by Crippen LogP contribution is 2.60. The predicted octanol–water partition coefficient (Wildman–Crippen LogP) is 4.83. The molecule has 0 N–H and O–H groups in total. The molecule has 0 radical (unpaired) electrons. The summed E-state index contributed by atoms with van der Waals surface area (Å²) >= 11 is 0. The summed E-state index contributed by atoms with van der Waals surface area (Å²) < 4.78 is 44.9. The van der Waals surface area contributed by atoms with Crippen LogP contribution < -0.4 is 4.90 Å². The molecule has 2 aliphatic rings. The molecular formula is C26H20F3NO3. The molecule has 1 aliphatic heterocycles. The van der Waals surface area contributed by atoms with Gasteiger partial charge < -0.3 is 9.64 Å². The summed E-state index contributed by atoms with van der Waals surface area (Å²) in [6, 6.07) is 19.1. The van der Waals surface area contributed by atoms with Crippen LogP contribution in [0.3, 0.4) is 0 Å². The van der Waals surface area contributed by atoms with Crippen LogP contribution in [0.25, 0.3) is 0 Å².